The summed E-state index contributed by atoms with van der Waals surface area (Å²) in [5.74, 6) is -1.58. The molecule has 0 aliphatic carbocycles. The monoisotopic (exact) mass is 911 g/mol. The average Bonchev–Trinajstić information content (AvgIpc) is 3.34. The predicted octanol–water partition coefficient (Wildman–Crippen LogP) is 8.87. The van der Waals surface area contributed by atoms with E-state index in [1.807, 2.05) is 0 Å². The Balaban J connectivity index is 1.37. The maximum atomic E-state index is 16.1. The summed E-state index contributed by atoms with van der Waals surface area (Å²) >= 11 is 0. The normalized spacial score (nSPS) is 16.7. The number of rotatable bonds is 18. The summed E-state index contributed by atoms with van der Waals surface area (Å²) in [7, 11) is 1.50. The first kappa shape index (κ1) is 46.2. The number of methoxy groups -OCH3 is 1. The third-order valence-corrected chi connectivity index (χ3v) is 18.5. The van der Waals surface area contributed by atoms with E-state index in [2.05, 4.69) is 0 Å². The van der Waals surface area contributed by atoms with E-state index in [0.717, 1.165) is 0 Å². The zero-order chi connectivity index (χ0) is 47.1. The number of benzene rings is 6. The van der Waals surface area contributed by atoms with Crippen LogP contribution in [0.15, 0.2) is 164 Å². The summed E-state index contributed by atoms with van der Waals surface area (Å²) < 4.78 is 22.8. The van der Waals surface area contributed by atoms with Crippen LogP contribution in [0.25, 0.3) is 0 Å². The van der Waals surface area contributed by atoms with Gasteiger partial charge < -0.3 is 0 Å². The van der Waals surface area contributed by atoms with E-state index in [-0.39, 0.29) is 41.0 Å². The van der Waals surface area contributed by atoms with Gasteiger partial charge in [-0.15, -0.1) is 0 Å². The maximum absolute atomic E-state index is 16.1. The number of nitrogens with zero attached hydrogens (tertiary/aromatic N) is 3. The fourth-order valence-electron chi connectivity index (χ4n) is 9.05. The van der Waals surface area contributed by atoms with Crippen molar-refractivity contribution in [3.63, 3.8) is 0 Å². The Morgan fingerprint density at radius 1 is 0.667 bits per heavy atom. The van der Waals surface area contributed by atoms with E-state index in [1.165, 1.54) is 55.3 Å². The molecule has 1 amide bonds. The van der Waals surface area contributed by atoms with Crippen molar-refractivity contribution in [1.29, 1.82) is 0 Å². The quantitative estimate of drug-likeness (QED) is 0.0199. The van der Waals surface area contributed by atoms with Crippen LogP contribution in [0.4, 0.5) is 21.0 Å². The number of ether oxygens (including phenoxy) is 4. The Morgan fingerprint density at radius 3 is 1.56 bits per heavy atom. The number of carbonyl (C=O) groups is 4. The SMILES string of the molecule is COc1ccc(C(=O)CC2(C)C([C@H](C)OC(=O)OCc3ccccc3[N+](=O)[O-])C(=O)N2CP(C(=O)OCc2ccccc2[N+](=O)[O-])(c2ccccc2)(c2ccccc2)c2ccccc2)cc1. The van der Waals surface area contributed by atoms with Crippen LogP contribution in [0.2, 0.25) is 0 Å². The molecule has 0 spiro atoms. The molecule has 1 aliphatic rings. The van der Waals surface area contributed by atoms with E-state index < -0.39 is 65.0 Å². The molecule has 1 aliphatic heterocycles. The summed E-state index contributed by atoms with van der Waals surface area (Å²) in [6.07, 6.45) is -3.06. The van der Waals surface area contributed by atoms with E-state index >= 15 is 9.59 Å². The fourth-order valence-corrected chi connectivity index (χ4v) is 15.0. The second-order valence-electron chi connectivity index (χ2n) is 16.1. The minimum atomic E-state index is -4.94. The zero-order valence-corrected chi connectivity index (χ0v) is 37.2. The Morgan fingerprint density at radius 2 is 1.11 bits per heavy atom. The van der Waals surface area contributed by atoms with Gasteiger partial charge in [0.15, 0.2) is 0 Å². The molecule has 0 bridgehead atoms. The molecule has 0 radical (unpaired) electrons. The third kappa shape index (κ3) is 8.36. The number of hydrogen-bond acceptors (Lipinski definition) is 12. The van der Waals surface area contributed by atoms with Gasteiger partial charge in [0.2, 0.25) is 0 Å². The topological polar surface area (TPSA) is 195 Å². The van der Waals surface area contributed by atoms with Crippen LogP contribution in [0.1, 0.15) is 41.8 Å². The molecular formula is C50H46N3O12P. The van der Waals surface area contributed by atoms with Gasteiger partial charge in [0, 0.05) is 0 Å². The molecule has 7 rings (SSSR count). The number of para-hydroxylation sites is 2. The average molecular weight is 912 g/mol. The molecule has 6 aromatic carbocycles. The van der Waals surface area contributed by atoms with Crippen LogP contribution in [0.3, 0.4) is 0 Å². The van der Waals surface area contributed by atoms with E-state index in [4.69, 9.17) is 18.9 Å². The molecule has 0 aromatic heterocycles. The predicted molar refractivity (Wildman–Crippen MR) is 248 cm³/mol. The van der Waals surface area contributed by atoms with Crippen LogP contribution in [0, 0.1) is 26.1 Å². The molecule has 3 atom stereocenters. The van der Waals surface area contributed by atoms with Crippen LogP contribution >= 0.6 is 6.60 Å². The van der Waals surface area contributed by atoms with Crippen molar-refractivity contribution in [2.75, 3.05) is 13.4 Å². The van der Waals surface area contributed by atoms with Crippen LogP contribution < -0.4 is 20.7 Å². The second-order valence-corrected chi connectivity index (χ2v) is 20.9. The van der Waals surface area contributed by atoms with E-state index in [9.17, 15) is 29.8 Å². The van der Waals surface area contributed by atoms with Gasteiger partial charge in [-0.2, -0.15) is 0 Å². The molecule has 15 nitrogen and oxygen atoms in total. The van der Waals surface area contributed by atoms with Gasteiger partial charge in [-0.05, 0) is 0 Å². The molecule has 1 saturated heterocycles. The first-order valence-corrected chi connectivity index (χ1v) is 23.3. The Kier molecular flexibility index (Phi) is 13.4. The van der Waals surface area contributed by atoms with Crippen LogP contribution in [0.5, 0.6) is 5.75 Å². The molecule has 1 fully saturated rings. The number of β-lactam (4-membered cyclic amide) rings is 1. The minimum absolute atomic E-state index is 0.121. The number of nitro benzene ring substituents is 2. The zero-order valence-electron chi connectivity index (χ0n) is 36.3. The summed E-state index contributed by atoms with van der Waals surface area (Å²) in [6.45, 7) is -2.72. The summed E-state index contributed by atoms with van der Waals surface area (Å²) in [4.78, 5) is 83.2. The summed E-state index contributed by atoms with van der Waals surface area (Å²) in [5.41, 5.74) is -2.14. The summed E-state index contributed by atoms with van der Waals surface area (Å²) in [5, 5.41) is 25.3. The number of ketones is 1. The third-order valence-electron chi connectivity index (χ3n) is 12.4. The van der Waals surface area contributed by atoms with Crippen molar-refractivity contribution < 1.29 is 48.0 Å². The van der Waals surface area contributed by atoms with Gasteiger partial charge in [-0.25, -0.2) is 0 Å². The van der Waals surface area contributed by atoms with Gasteiger partial charge in [0.25, 0.3) is 0 Å². The molecule has 6 aromatic rings. The first-order chi connectivity index (χ1) is 31.7. The van der Waals surface area contributed by atoms with E-state index in [0.29, 0.717) is 27.2 Å². The molecule has 16 heteroatoms. The molecule has 1 heterocycles. The van der Waals surface area contributed by atoms with Crippen LogP contribution in [-0.2, 0) is 32.2 Å². The molecule has 66 heavy (non-hydrogen) atoms. The molecule has 0 N–H and O–H groups in total. The first-order valence-electron chi connectivity index (χ1n) is 20.9. The number of nitro groups is 2. The Bertz CT molecular complexity index is 2680. The van der Waals surface area contributed by atoms with Crippen molar-refractivity contribution in [3.8, 4) is 5.75 Å². The number of likely N-dealkylation sites (tertiary alicyclic amines) is 1. The number of hydrogen-bond donors (Lipinski definition) is 0. The van der Waals surface area contributed by atoms with Gasteiger partial charge in [0.1, 0.15) is 0 Å². The van der Waals surface area contributed by atoms with Gasteiger partial charge in [0.05, 0.1) is 0 Å². The van der Waals surface area contributed by atoms with Crippen molar-refractivity contribution in [2.24, 2.45) is 5.92 Å². The van der Waals surface area contributed by atoms with Gasteiger partial charge in [-0.1, -0.05) is 6.07 Å². The van der Waals surface area contributed by atoms with E-state index in [1.54, 1.807) is 134 Å². The van der Waals surface area contributed by atoms with Crippen LogP contribution in [-0.4, -0.2) is 63.3 Å². The molecule has 2 unspecified atom stereocenters. The van der Waals surface area contributed by atoms with Crippen molar-refractivity contribution in [2.45, 2.75) is 45.1 Å². The summed E-state index contributed by atoms with van der Waals surface area (Å²) in [6, 6.07) is 45.0. The van der Waals surface area contributed by atoms with Gasteiger partial charge >= 0.3 is 365 Å². The Hall–Kier alpha value is -7.77. The van der Waals surface area contributed by atoms with Crippen molar-refractivity contribution in [1.82, 2.24) is 4.90 Å². The number of carbonyl (C=O) groups excluding carboxylic acids is 4. The van der Waals surface area contributed by atoms with Crippen molar-refractivity contribution in [3.05, 3.63) is 201 Å². The molecule has 338 valence electrons. The number of amides is 1. The van der Waals surface area contributed by atoms with Crippen molar-refractivity contribution >= 4 is 57.4 Å². The Labute approximate surface area is 380 Å². The number of Topliss-reactive ketones (excluding diaryl/α,β-unsaturated/α-hetero) is 1. The molecule has 0 saturated carbocycles. The second kappa shape index (κ2) is 19.1. The molecular weight excluding hydrogens is 866 g/mol. The van der Waals surface area contributed by atoms with Gasteiger partial charge in [-0.3, -0.25) is 10.1 Å². The standard InChI is InChI=1S/C50H46N3O12P/c1-35(65-48(56)63-32-37-17-13-15-25-43(37)52(58)59)46-47(55)51(50(46,2)31-45(54)36-27-29-39(62-3)30-28-36)34-66(40-19-7-4-8-20-40,41-21-9-5-10-22-41,42-23-11-6-12-24-42)49(57)64-33-38-18-14-16-26-44(38)53(60)61/h4-30,35,46H,31-34H2,1-3H3/t35-,46?,50?/m0/s1. The fraction of sp³-hybridized carbons (Fsp3) is 0.200.